The van der Waals surface area contributed by atoms with Gasteiger partial charge in [-0.05, 0) is 19.3 Å². The highest BCUT2D eigenvalue weighted by Crippen LogP contribution is 2.31. The molecule has 1 atom stereocenters. The van der Waals surface area contributed by atoms with Gasteiger partial charge in [0.1, 0.15) is 0 Å². The summed E-state index contributed by atoms with van der Waals surface area (Å²) in [6.45, 7) is 5.13. The van der Waals surface area contributed by atoms with Crippen molar-refractivity contribution in [1.29, 1.82) is 0 Å². The lowest BCUT2D eigenvalue weighted by atomic mass is 9.92. The number of hydrogen-bond acceptors (Lipinski definition) is 1. The zero-order valence-corrected chi connectivity index (χ0v) is 7.28. The van der Waals surface area contributed by atoms with Gasteiger partial charge in [-0.25, -0.2) is 8.78 Å². The van der Waals surface area contributed by atoms with E-state index in [1.165, 1.54) is 0 Å². The highest BCUT2D eigenvalue weighted by atomic mass is 19.3. The van der Waals surface area contributed by atoms with Crippen molar-refractivity contribution in [2.45, 2.75) is 32.1 Å². The maximum absolute atomic E-state index is 12.6. The lowest BCUT2D eigenvalue weighted by molar-refractivity contribution is -0.0158. The second-order valence-electron chi connectivity index (χ2n) is 3.52. The lowest BCUT2D eigenvalue weighted by Gasteiger charge is -2.26. The molecule has 0 aromatic heterocycles. The van der Waals surface area contributed by atoms with Gasteiger partial charge in [-0.1, -0.05) is 6.58 Å². The molecule has 1 unspecified atom stereocenters. The highest BCUT2D eigenvalue weighted by molar-refractivity contribution is 4.90. The molecule has 0 aliphatic carbocycles. The van der Waals surface area contributed by atoms with Crippen molar-refractivity contribution < 1.29 is 13.5 Å². The van der Waals surface area contributed by atoms with Crippen LogP contribution < -0.4 is 0 Å². The second-order valence-corrected chi connectivity index (χ2v) is 3.52. The topological polar surface area (TPSA) is 9.23 Å². The normalized spacial score (nSPS) is 25.2. The molecule has 0 amide bonds. The van der Waals surface area contributed by atoms with Crippen LogP contribution in [0.3, 0.4) is 0 Å². The molecule has 1 fully saturated rings. The van der Waals surface area contributed by atoms with Crippen molar-refractivity contribution >= 4 is 0 Å². The molecule has 1 heterocycles. The first-order valence-corrected chi connectivity index (χ1v) is 4.16. The minimum Gasteiger partial charge on any atom is -0.499 e. The van der Waals surface area contributed by atoms with Crippen molar-refractivity contribution in [2.24, 2.45) is 5.92 Å². The van der Waals surface area contributed by atoms with Crippen LogP contribution in [0.5, 0.6) is 0 Å². The van der Waals surface area contributed by atoms with Crippen molar-refractivity contribution in [3.05, 3.63) is 12.3 Å². The summed E-state index contributed by atoms with van der Waals surface area (Å²) in [6.07, 6.45) is 1.27. The Hall–Kier alpha value is -0.600. The Morgan fingerprint density at radius 3 is 2.83 bits per heavy atom. The molecule has 0 spiro atoms. The summed E-state index contributed by atoms with van der Waals surface area (Å²) >= 11 is 0. The van der Waals surface area contributed by atoms with Crippen LogP contribution in [-0.2, 0) is 4.74 Å². The Morgan fingerprint density at radius 1 is 1.67 bits per heavy atom. The summed E-state index contributed by atoms with van der Waals surface area (Å²) in [6, 6.07) is 0. The van der Waals surface area contributed by atoms with E-state index in [4.69, 9.17) is 4.74 Å². The van der Waals surface area contributed by atoms with Gasteiger partial charge in [0.15, 0.2) is 0 Å². The summed E-state index contributed by atoms with van der Waals surface area (Å²) in [5.74, 6) is -1.86. The molecular weight excluding hydrogens is 162 g/mol. The molecule has 1 nitrogen and oxygen atoms in total. The first-order chi connectivity index (χ1) is 5.47. The Kier molecular flexibility index (Phi) is 2.70. The molecule has 0 aromatic rings. The zero-order valence-electron chi connectivity index (χ0n) is 7.28. The molecule has 0 aromatic carbocycles. The van der Waals surface area contributed by atoms with Gasteiger partial charge in [0.2, 0.25) is 5.92 Å². The third kappa shape index (κ3) is 3.20. The maximum Gasteiger partial charge on any atom is 0.245 e. The predicted molar refractivity (Wildman–Crippen MR) is 43.1 cm³/mol. The summed E-state index contributed by atoms with van der Waals surface area (Å²) in [7, 11) is 0. The van der Waals surface area contributed by atoms with E-state index in [9.17, 15) is 8.78 Å². The highest BCUT2D eigenvalue weighted by Gasteiger charge is 2.28. The zero-order chi connectivity index (χ0) is 9.19. The standard InChI is InChI=1S/C9H14F2O/c1-7-5-8(3-4-12-7)6-9(2,10)11/h8H,1,3-6H2,2H3. The smallest absolute Gasteiger partial charge is 0.245 e. The molecule has 0 saturated carbocycles. The van der Waals surface area contributed by atoms with Crippen molar-refractivity contribution in [2.75, 3.05) is 6.61 Å². The van der Waals surface area contributed by atoms with Gasteiger partial charge in [0.05, 0.1) is 12.4 Å². The fourth-order valence-electron chi connectivity index (χ4n) is 1.53. The SMILES string of the molecule is C=C1CC(CC(C)(F)F)CCO1. The van der Waals surface area contributed by atoms with E-state index >= 15 is 0 Å². The lowest BCUT2D eigenvalue weighted by Crippen LogP contribution is -2.21. The Bertz CT molecular complexity index is 172. The molecule has 0 bridgehead atoms. The summed E-state index contributed by atoms with van der Waals surface area (Å²) in [4.78, 5) is 0. The van der Waals surface area contributed by atoms with Crippen LogP contribution in [0.25, 0.3) is 0 Å². The van der Waals surface area contributed by atoms with Crippen LogP contribution in [0.2, 0.25) is 0 Å². The third-order valence-electron chi connectivity index (χ3n) is 2.00. The van der Waals surface area contributed by atoms with Gasteiger partial charge in [-0.2, -0.15) is 0 Å². The van der Waals surface area contributed by atoms with E-state index in [0.29, 0.717) is 18.8 Å². The predicted octanol–water partition coefficient (Wildman–Crippen LogP) is 2.97. The monoisotopic (exact) mass is 176 g/mol. The van der Waals surface area contributed by atoms with Crippen LogP contribution in [0, 0.1) is 5.92 Å². The summed E-state index contributed by atoms with van der Waals surface area (Å²) < 4.78 is 30.2. The fourth-order valence-corrected chi connectivity index (χ4v) is 1.53. The largest absolute Gasteiger partial charge is 0.499 e. The first-order valence-electron chi connectivity index (χ1n) is 4.16. The number of allylic oxidation sites excluding steroid dienone is 1. The minimum absolute atomic E-state index is 0.0463. The van der Waals surface area contributed by atoms with Crippen LogP contribution in [0.15, 0.2) is 12.3 Å². The number of rotatable bonds is 2. The van der Waals surface area contributed by atoms with Gasteiger partial charge in [0, 0.05) is 12.8 Å². The quantitative estimate of drug-likeness (QED) is 0.628. The molecule has 12 heavy (non-hydrogen) atoms. The maximum atomic E-state index is 12.6. The average Bonchev–Trinajstić information content (AvgIpc) is 1.82. The van der Waals surface area contributed by atoms with E-state index in [0.717, 1.165) is 13.3 Å². The van der Waals surface area contributed by atoms with Gasteiger partial charge >= 0.3 is 0 Å². The van der Waals surface area contributed by atoms with Crippen LogP contribution >= 0.6 is 0 Å². The number of ether oxygens (including phenoxy) is 1. The second kappa shape index (κ2) is 3.42. The van der Waals surface area contributed by atoms with Crippen molar-refractivity contribution in [1.82, 2.24) is 0 Å². The third-order valence-corrected chi connectivity index (χ3v) is 2.00. The summed E-state index contributed by atoms with van der Waals surface area (Å²) in [5.41, 5.74) is 0. The first kappa shape index (κ1) is 9.49. The molecule has 1 aliphatic rings. The van der Waals surface area contributed by atoms with E-state index in [1.807, 2.05) is 0 Å². The van der Waals surface area contributed by atoms with Gasteiger partial charge < -0.3 is 4.74 Å². The van der Waals surface area contributed by atoms with Crippen LogP contribution in [0.1, 0.15) is 26.2 Å². The van der Waals surface area contributed by atoms with Gasteiger partial charge in [0.25, 0.3) is 0 Å². The van der Waals surface area contributed by atoms with Crippen LogP contribution in [0.4, 0.5) is 8.78 Å². The molecule has 3 heteroatoms. The molecule has 0 radical (unpaired) electrons. The van der Waals surface area contributed by atoms with E-state index in [1.54, 1.807) is 0 Å². The Labute approximate surface area is 71.4 Å². The Balaban J connectivity index is 2.37. The van der Waals surface area contributed by atoms with Gasteiger partial charge in [-0.15, -0.1) is 0 Å². The van der Waals surface area contributed by atoms with Crippen molar-refractivity contribution in [3.8, 4) is 0 Å². The molecule has 1 aliphatic heterocycles. The number of halogens is 2. The molecular formula is C9H14F2O. The van der Waals surface area contributed by atoms with E-state index < -0.39 is 5.92 Å². The number of alkyl halides is 2. The summed E-state index contributed by atoms with van der Waals surface area (Å²) in [5, 5.41) is 0. The van der Waals surface area contributed by atoms with E-state index in [-0.39, 0.29) is 12.3 Å². The Morgan fingerprint density at radius 2 is 2.33 bits per heavy atom. The van der Waals surface area contributed by atoms with E-state index in [2.05, 4.69) is 6.58 Å². The molecule has 1 saturated heterocycles. The van der Waals surface area contributed by atoms with Gasteiger partial charge in [-0.3, -0.25) is 0 Å². The van der Waals surface area contributed by atoms with Crippen molar-refractivity contribution in [3.63, 3.8) is 0 Å². The molecule has 1 rings (SSSR count). The molecule has 0 N–H and O–H groups in total. The average molecular weight is 176 g/mol. The minimum atomic E-state index is -2.55. The van der Waals surface area contributed by atoms with Crippen LogP contribution in [-0.4, -0.2) is 12.5 Å². The number of hydrogen-bond donors (Lipinski definition) is 0. The molecule has 70 valence electrons. The fraction of sp³-hybridized carbons (Fsp3) is 0.778.